The Hall–Kier alpha value is -2.75. The van der Waals surface area contributed by atoms with Crippen LogP contribution >= 0.6 is 0 Å². The fraction of sp³-hybridized carbons (Fsp3) is 0.483. The predicted molar refractivity (Wildman–Crippen MR) is 137 cm³/mol. The number of rotatable bonds is 11. The minimum Gasteiger partial charge on any atom is -0.478 e. The van der Waals surface area contributed by atoms with Gasteiger partial charge in [0, 0.05) is 18.2 Å². The molecule has 1 aliphatic rings. The van der Waals surface area contributed by atoms with Gasteiger partial charge in [0.15, 0.2) is 0 Å². The van der Waals surface area contributed by atoms with Crippen LogP contribution in [0.1, 0.15) is 67.0 Å². The molecule has 0 amide bonds. The van der Waals surface area contributed by atoms with Gasteiger partial charge in [0.05, 0.1) is 24.4 Å². The molecule has 0 radical (unpaired) electrons. The minimum absolute atomic E-state index is 0.0567. The summed E-state index contributed by atoms with van der Waals surface area (Å²) in [6, 6.07) is 9.01. The summed E-state index contributed by atoms with van der Waals surface area (Å²) in [5.74, 6) is -1.53. The van der Waals surface area contributed by atoms with Crippen molar-refractivity contribution in [2.45, 2.75) is 70.9 Å². The van der Waals surface area contributed by atoms with E-state index in [1.807, 2.05) is 6.07 Å². The van der Waals surface area contributed by atoms with Crippen molar-refractivity contribution >= 4 is 12.0 Å². The van der Waals surface area contributed by atoms with E-state index in [2.05, 4.69) is 4.90 Å². The second kappa shape index (κ2) is 12.9. The molecule has 2 aromatic carbocycles. The number of aliphatic carboxylic acids is 1. The van der Waals surface area contributed by atoms with Gasteiger partial charge in [-0.05, 0) is 86.5 Å². The Morgan fingerprint density at radius 2 is 2.00 bits per heavy atom. The highest BCUT2D eigenvalue weighted by Gasteiger charge is 2.35. The number of carboxylic acid groups (broad SMARTS) is 1. The van der Waals surface area contributed by atoms with Crippen molar-refractivity contribution in [2.75, 3.05) is 19.7 Å². The van der Waals surface area contributed by atoms with Gasteiger partial charge in [-0.2, -0.15) is 13.2 Å². The van der Waals surface area contributed by atoms with Crippen molar-refractivity contribution in [3.8, 4) is 0 Å². The molecule has 0 aromatic heterocycles. The number of carbonyl (C=O) groups is 1. The maximum atomic E-state index is 14.0. The first-order valence-corrected chi connectivity index (χ1v) is 12.8. The molecule has 2 N–H and O–H groups in total. The van der Waals surface area contributed by atoms with Crippen molar-refractivity contribution in [3.05, 3.63) is 75.6 Å². The molecule has 1 heterocycles. The van der Waals surface area contributed by atoms with Gasteiger partial charge in [-0.25, -0.2) is 9.18 Å². The van der Waals surface area contributed by atoms with Crippen LogP contribution in [0.4, 0.5) is 17.6 Å². The van der Waals surface area contributed by atoms with Gasteiger partial charge < -0.3 is 14.9 Å². The highest BCUT2D eigenvalue weighted by Crippen LogP contribution is 2.37. The first kappa shape index (κ1) is 29.8. The van der Waals surface area contributed by atoms with Crippen molar-refractivity contribution < 1.29 is 37.3 Å². The van der Waals surface area contributed by atoms with E-state index < -0.39 is 29.9 Å². The number of hydrogen-bond acceptors (Lipinski definition) is 4. The Morgan fingerprint density at radius 1 is 1.26 bits per heavy atom. The van der Waals surface area contributed by atoms with E-state index in [0.717, 1.165) is 37.1 Å². The standard InChI is InChI=1S/C29H35F4NO4/c1-4-21(28(36)37)15-25-24(8-5-9-26(25)29(31,32)33)19(3)38-17-23(35)16-34-12-6-7-22(34)13-20-11-10-18(2)27(30)14-20/h5,8-11,14-15,19,22-23,35H,4,6-7,12-13,16-17H2,1-3H3,(H,36,37)/t19-,22+,23-/m1/s1. The van der Waals surface area contributed by atoms with Gasteiger partial charge in [0.1, 0.15) is 5.82 Å². The van der Waals surface area contributed by atoms with Gasteiger partial charge in [-0.3, -0.25) is 4.90 Å². The number of hydrogen-bond donors (Lipinski definition) is 2. The molecule has 0 unspecified atom stereocenters. The third kappa shape index (κ3) is 7.65. The number of ether oxygens (including phenoxy) is 1. The number of aryl methyl sites for hydroxylation is 1. The van der Waals surface area contributed by atoms with Crippen LogP contribution in [-0.4, -0.2) is 52.9 Å². The smallest absolute Gasteiger partial charge is 0.416 e. The highest BCUT2D eigenvalue weighted by atomic mass is 19.4. The zero-order chi connectivity index (χ0) is 28.0. The highest BCUT2D eigenvalue weighted by molar-refractivity contribution is 5.92. The Morgan fingerprint density at radius 3 is 2.63 bits per heavy atom. The maximum absolute atomic E-state index is 14.0. The summed E-state index contributed by atoms with van der Waals surface area (Å²) in [4.78, 5) is 13.6. The molecule has 2 aromatic rings. The van der Waals surface area contributed by atoms with E-state index >= 15 is 0 Å². The first-order valence-electron chi connectivity index (χ1n) is 12.8. The van der Waals surface area contributed by atoms with E-state index in [0.29, 0.717) is 18.5 Å². The molecule has 1 saturated heterocycles. The number of benzene rings is 2. The summed E-state index contributed by atoms with van der Waals surface area (Å²) in [6.07, 6.45) is -2.75. The van der Waals surface area contributed by atoms with E-state index in [4.69, 9.17) is 4.74 Å². The van der Waals surface area contributed by atoms with E-state index in [-0.39, 0.29) is 41.6 Å². The summed E-state index contributed by atoms with van der Waals surface area (Å²) in [6.45, 7) is 5.85. The second-order valence-corrected chi connectivity index (χ2v) is 9.84. The molecule has 208 valence electrons. The molecule has 0 aliphatic carbocycles. The number of likely N-dealkylation sites (tertiary alicyclic amines) is 1. The van der Waals surface area contributed by atoms with Gasteiger partial charge in [-0.15, -0.1) is 0 Å². The number of aliphatic hydroxyl groups is 1. The molecule has 9 heteroatoms. The van der Waals surface area contributed by atoms with Crippen LogP contribution in [0.5, 0.6) is 0 Å². The SMILES string of the molecule is CCC(=Cc1c([C@@H](C)OC[C@H](O)CN2CCC[C@H]2Cc2ccc(C)c(F)c2)cccc1C(F)(F)F)C(=O)O. The fourth-order valence-electron chi connectivity index (χ4n) is 4.91. The average Bonchev–Trinajstić information content (AvgIpc) is 3.28. The minimum atomic E-state index is -4.68. The summed E-state index contributed by atoms with van der Waals surface area (Å²) in [5.41, 5.74) is 0.342. The molecule has 0 spiro atoms. The van der Waals surface area contributed by atoms with Crippen LogP contribution in [-0.2, 0) is 22.1 Å². The van der Waals surface area contributed by atoms with Crippen LogP contribution in [0.3, 0.4) is 0 Å². The molecule has 1 fully saturated rings. The Kier molecular flexibility index (Phi) is 10.1. The fourth-order valence-corrected chi connectivity index (χ4v) is 4.91. The lowest BCUT2D eigenvalue weighted by Gasteiger charge is -2.28. The number of β-amino-alcohol motifs (C(OH)–C–C–N with tert-alkyl or cyclic N) is 1. The lowest BCUT2D eigenvalue weighted by atomic mass is 9.94. The number of carboxylic acids is 1. The molecule has 3 atom stereocenters. The molecule has 1 aliphatic heterocycles. The zero-order valence-corrected chi connectivity index (χ0v) is 21.9. The first-order chi connectivity index (χ1) is 17.9. The number of aliphatic hydroxyl groups excluding tert-OH is 1. The Balaban J connectivity index is 1.69. The predicted octanol–water partition coefficient (Wildman–Crippen LogP) is 6.18. The van der Waals surface area contributed by atoms with Crippen molar-refractivity contribution in [2.24, 2.45) is 0 Å². The van der Waals surface area contributed by atoms with Crippen LogP contribution in [0.15, 0.2) is 42.0 Å². The average molecular weight is 538 g/mol. The molecular formula is C29H35F4NO4. The maximum Gasteiger partial charge on any atom is 0.416 e. The third-order valence-corrected chi connectivity index (χ3v) is 7.05. The summed E-state index contributed by atoms with van der Waals surface area (Å²) in [5, 5.41) is 20.1. The van der Waals surface area contributed by atoms with Crippen LogP contribution in [0, 0.1) is 12.7 Å². The van der Waals surface area contributed by atoms with Gasteiger partial charge in [0.25, 0.3) is 0 Å². The van der Waals surface area contributed by atoms with E-state index in [1.54, 1.807) is 32.9 Å². The zero-order valence-electron chi connectivity index (χ0n) is 21.9. The van der Waals surface area contributed by atoms with Crippen molar-refractivity contribution in [1.82, 2.24) is 4.90 Å². The number of nitrogens with zero attached hydrogens (tertiary/aromatic N) is 1. The largest absolute Gasteiger partial charge is 0.478 e. The third-order valence-electron chi connectivity index (χ3n) is 7.05. The van der Waals surface area contributed by atoms with Crippen LogP contribution in [0.25, 0.3) is 6.08 Å². The number of halogens is 4. The van der Waals surface area contributed by atoms with Gasteiger partial charge >= 0.3 is 12.1 Å². The summed E-state index contributed by atoms with van der Waals surface area (Å²) < 4.78 is 61.0. The molecule has 3 rings (SSSR count). The topological polar surface area (TPSA) is 70.0 Å². The molecule has 5 nitrogen and oxygen atoms in total. The van der Waals surface area contributed by atoms with Crippen molar-refractivity contribution in [1.29, 1.82) is 0 Å². The van der Waals surface area contributed by atoms with Crippen LogP contribution in [0.2, 0.25) is 0 Å². The monoisotopic (exact) mass is 537 g/mol. The van der Waals surface area contributed by atoms with Crippen molar-refractivity contribution in [3.63, 3.8) is 0 Å². The molecule has 0 saturated carbocycles. The Bertz CT molecular complexity index is 1150. The normalized spacial score (nSPS) is 18.5. The molecular weight excluding hydrogens is 502 g/mol. The molecule has 38 heavy (non-hydrogen) atoms. The lowest BCUT2D eigenvalue weighted by molar-refractivity contribution is -0.138. The number of alkyl halides is 3. The summed E-state index contributed by atoms with van der Waals surface area (Å²) >= 11 is 0. The quantitative estimate of drug-likeness (QED) is 0.265. The Labute approximate surface area is 220 Å². The summed E-state index contributed by atoms with van der Waals surface area (Å²) in [7, 11) is 0. The van der Waals surface area contributed by atoms with Gasteiger partial charge in [0.2, 0.25) is 0 Å². The second-order valence-electron chi connectivity index (χ2n) is 9.84. The van der Waals surface area contributed by atoms with Crippen LogP contribution < -0.4 is 0 Å². The van der Waals surface area contributed by atoms with E-state index in [9.17, 15) is 32.6 Å². The van der Waals surface area contributed by atoms with E-state index in [1.165, 1.54) is 12.1 Å². The molecule has 0 bridgehead atoms. The van der Waals surface area contributed by atoms with Gasteiger partial charge in [-0.1, -0.05) is 31.2 Å². The lowest BCUT2D eigenvalue weighted by Crippen LogP contribution is -2.39.